The predicted molar refractivity (Wildman–Crippen MR) is 73.0 cm³/mol. The van der Waals surface area contributed by atoms with Crippen LogP contribution < -0.4 is 4.90 Å². The van der Waals surface area contributed by atoms with Gasteiger partial charge in [0.1, 0.15) is 17.6 Å². The topological polar surface area (TPSA) is 96.6 Å². The normalized spacial score (nSPS) is 18.6. The van der Waals surface area contributed by atoms with Crippen molar-refractivity contribution >= 4 is 17.5 Å². The highest BCUT2D eigenvalue weighted by Crippen LogP contribution is 2.30. The standard InChI is InChI=1S/C13H17N3O4/c1-8(2)9-3-4-15(7-9)12-11(13(17)18)5-10(6-14-12)16(19)20/h5-6,8-9H,3-4,7H2,1-2H3,(H,17,18). The summed E-state index contributed by atoms with van der Waals surface area (Å²) in [5, 5.41) is 19.9. The molecule has 1 aliphatic heterocycles. The van der Waals surface area contributed by atoms with Crippen molar-refractivity contribution in [3.63, 3.8) is 0 Å². The molecule has 1 aromatic rings. The molecule has 108 valence electrons. The maximum Gasteiger partial charge on any atom is 0.339 e. The first kappa shape index (κ1) is 14.2. The molecule has 20 heavy (non-hydrogen) atoms. The summed E-state index contributed by atoms with van der Waals surface area (Å²) in [6, 6.07) is 1.08. The Labute approximate surface area is 116 Å². The van der Waals surface area contributed by atoms with Gasteiger partial charge in [0.25, 0.3) is 5.69 Å². The average molecular weight is 279 g/mol. The van der Waals surface area contributed by atoms with Crippen LogP contribution in [0.5, 0.6) is 0 Å². The average Bonchev–Trinajstić information content (AvgIpc) is 2.87. The van der Waals surface area contributed by atoms with Crippen LogP contribution in [0, 0.1) is 22.0 Å². The molecule has 1 N–H and O–H groups in total. The highest BCUT2D eigenvalue weighted by Gasteiger charge is 2.29. The van der Waals surface area contributed by atoms with Gasteiger partial charge in [-0.25, -0.2) is 9.78 Å². The quantitative estimate of drug-likeness (QED) is 0.670. The van der Waals surface area contributed by atoms with Crippen LogP contribution in [0.25, 0.3) is 0 Å². The number of aromatic nitrogens is 1. The molecule has 1 saturated heterocycles. The van der Waals surface area contributed by atoms with Gasteiger partial charge in [-0.2, -0.15) is 0 Å². The lowest BCUT2D eigenvalue weighted by molar-refractivity contribution is -0.385. The molecular formula is C13H17N3O4. The van der Waals surface area contributed by atoms with Crippen LogP contribution >= 0.6 is 0 Å². The Bertz CT molecular complexity index is 544. The number of carboxylic acids is 1. The van der Waals surface area contributed by atoms with Crippen molar-refractivity contribution < 1.29 is 14.8 Å². The molecule has 2 heterocycles. The fraction of sp³-hybridized carbons (Fsp3) is 0.538. The number of nitrogens with zero attached hydrogens (tertiary/aromatic N) is 3. The second kappa shape index (κ2) is 5.44. The smallest absolute Gasteiger partial charge is 0.339 e. The van der Waals surface area contributed by atoms with E-state index in [-0.39, 0.29) is 11.3 Å². The fourth-order valence-corrected chi connectivity index (χ4v) is 2.48. The summed E-state index contributed by atoms with van der Waals surface area (Å²) < 4.78 is 0. The van der Waals surface area contributed by atoms with Crippen LogP contribution in [0.4, 0.5) is 11.5 Å². The van der Waals surface area contributed by atoms with Crippen molar-refractivity contribution in [2.45, 2.75) is 20.3 Å². The lowest BCUT2D eigenvalue weighted by Gasteiger charge is -2.20. The molecule has 7 heteroatoms. The first-order chi connectivity index (χ1) is 9.40. The van der Waals surface area contributed by atoms with Gasteiger partial charge in [0.05, 0.1) is 4.92 Å². The number of pyridine rings is 1. The number of hydrogen-bond donors (Lipinski definition) is 1. The van der Waals surface area contributed by atoms with Gasteiger partial charge in [-0.1, -0.05) is 13.8 Å². The van der Waals surface area contributed by atoms with Gasteiger partial charge < -0.3 is 10.0 Å². The third-order valence-corrected chi connectivity index (χ3v) is 3.76. The van der Waals surface area contributed by atoms with Gasteiger partial charge in [0.15, 0.2) is 0 Å². The first-order valence-corrected chi connectivity index (χ1v) is 6.52. The summed E-state index contributed by atoms with van der Waals surface area (Å²) in [5.74, 6) is 0.149. The molecule has 1 fully saturated rings. The van der Waals surface area contributed by atoms with E-state index in [2.05, 4.69) is 18.8 Å². The SMILES string of the molecule is CC(C)C1CCN(c2ncc([N+](=O)[O-])cc2C(=O)O)C1. The monoisotopic (exact) mass is 279 g/mol. The molecule has 1 unspecified atom stereocenters. The zero-order chi connectivity index (χ0) is 14.9. The van der Waals surface area contributed by atoms with Crippen molar-refractivity contribution in [3.05, 3.63) is 27.9 Å². The Kier molecular flexibility index (Phi) is 3.87. The maximum absolute atomic E-state index is 11.3. The van der Waals surface area contributed by atoms with Crippen LogP contribution in [0.3, 0.4) is 0 Å². The minimum absolute atomic E-state index is 0.108. The maximum atomic E-state index is 11.3. The van der Waals surface area contributed by atoms with Crippen LogP contribution in [0.2, 0.25) is 0 Å². The predicted octanol–water partition coefficient (Wildman–Crippen LogP) is 2.17. The summed E-state index contributed by atoms with van der Waals surface area (Å²) in [4.78, 5) is 27.3. The van der Waals surface area contributed by atoms with Gasteiger partial charge in [-0.05, 0) is 18.3 Å². The van der Waals surface area contributed by atoms with Crippen molar-refractivity contribution in [1.82, 2.24) is 4.98 Å². The molecule has 0 aliphatic carbocycles. The second-order valence-corrected chi connectivity index (χ2v) is 5.37. The zero-order valence-electron chi connectivity index (χ0n) is 11.4. The van der Waals surface area contributed by atoms with Crippen molar-refractivity contribution in [2.75, 3.05) is 18.0 Å². The van der Waals surface area contributed by atoms with E-state index in [1.807, 2.05) is 4.90 Å². The van der Waals surface area contributed by atoms with Gasteiger partial charge >= 0.3 is 5.97 Å². The highest BCUT2D eigenvalue weighted by molar-refractivity contribution is 5.94. The van der Waals surface area contributed by atoms with E-state index in [1.54, 1.807) is 0 Å². The summed E-state index contributed by atoms with van der Waals surface area (Å²) in [6.07, 6.45) is 2.10. The Morgan fingerprint density at radius 3 is 2.80 bits per heavy atom. The minimum atomic E-state index is -1.19. The number of aromatic carboxylic acids is 1. The summed E-state index contributed by atoms with van der Waals surface area (Å²) >= 11 is 0. The number of nitro groups is 1. The van der Waals surface area contributed by atoms with Crippen LogP contribution in [-0.4, -0.2) is 34.1 Å². The summed E-state index contributed by atoms with van der Waals surface area (Å²) in [6.45, 7) is 5.74. The Hall–Kier alpha value is -2.18. The van der Waals surface area contributed by atoms with Crippen LogP contribution in [0.15, 0.2) is 12.3 Å². The number of carboxylic acid groups (broad SMARTS) is 1. The summed E-state index contributed by atoms with van der Waals surface area (Å²) in [7, 11) is 0. The van der Waals surface area contributed by atoms with Gasteiger partial charge in [-0.15, -0.1) is 0 Å². The third-order valence-electron chi connectivity index (χ3n) is 3.76. The molecule has 0 saturated carbocycles. The van der Waals surface area contributed by atoms with Crippen LogP contribution in [-0.2, 0) is 0 Å². The number of hydrogen-bond acceptors (Lipinski definition) is 5. The van der Waals surface area contributed by atoms with E-state index >= 15 is 0 Å². The Morgan fingerprint density at radius 1 is 1.60 bits per heavy atom. The molecule has 0 radical (unpaired) electrons. The number of rotatable bonds is 4. The van der Waals surface area contributed by atoms with E-state index in [4.69, 9.17) is 0 Å². The highest BCUT2D eigenvalue weighted by atomic mass is 16.6. The fourth-order valence-electron chi connectivity index (χ4n) is 2.48. The number of carbonyl (C=O) groups is 1. The lowest BCUT2D eigenvalue weighted by Crippen LogP contribution is -2.24. The lowest BCUT2D eigenvalue weighted by atomic mass is 9.95. The minimum Gasteiger partial charge on any atom is -0.478 e. The van der Waals surface area contributed by atoms with E-state index < -0.39 is 10.9 Å². The van der Waals surface area contributed by atoms with Crippen molar-refractivity contribution in [3.8, 4) is 0 Å². The second-order valence-electron chi connectivity index (χ2n) is 5.37. The molecule has 0 amide bonds. The molecule has 1 aliphatic rings. The largest absolute Gasteiger partial charge is 0.478 e. The summed E-state index contributed by atoms with van der Waals surface area (Å²) in [5.41, 5.74) is -0.408. The molecule has 0 aromatic carbocycles. The zero-order valence-corrected chi connectivity index (χ0v) is 11.4. The van der Waals surface area contributed by atoms with Gasteiger partial charge in [0.2, 0.25) is 0 Å². The third kappa shape index (κ3) is 2.71. The Balaban J connectivity index is 2.32. The van der Waals surface area contributed by atoms with E-state index in [0.717, 1.165) is 31.8 Å². The molecular weight excluding hydrogens is 262 g/mol. The molecule has 0 spiro atoms. The molecule has 1 aromatic heterocycles. The molecule has 1 atom stereocenters. The van der Waals surface area contributed by atoms with E-state index in [9.17, 15) is 20.0 Å². The van der Waals surface area contributed by atoms with Crippen LogP contribution in [0.1, 0.15) is 30.6 Å². The molecule has 7 nitrogen and oxygen atoms in total. The molecule has 2 rings (SSSR count). The number of anilines is 1. The van der Waals surface area contributed by atoms with E-state index in [1.165, 1.54) is 0 Å². The van der Waals surface area contributed by atoms with Crippen molar-refractivity contribution in [1.29, 1.82) is 0 Å². The van der Waals surface area contributed by atoms with Crippen molar-refractivity contribution in [2.24, 2.45) is 11.8 Å². The van der Waals surface area contributed by atoms with Gasteiger partial charge in [-0.3, -0.25) is 10.1 Å². The Morgan fingerprint density at radius 2 is 2.30 bits per heavy atom. The van der Waals surface area contributed by atoms with Gasteiger partial charge in [0, 0.05) is 19.2 Å². The first-order valence-electron chi connectivity index (χ1n) is 6.52. The van der Waals surface area contributed by atoms with E-state index in [0.29, 0.717) is 17.7 Å². The molecule has 0 bridgehead atoms.